The average Bonchev–Trinajstić information content (AvgIpc) is 2.59. The number of rotatable bonds is 8. The molecule has 2 aromatic carbocycles. The van der Waals surface area contributed by atoms with Crippen LogP contribution in [0.15, 0.2) is 53.4 Å². The highest BCUT2D eigenvalue weighted by atomic mass is 32.2. The van der Waals surface area contributed by atoms with E-state index in [1.54, 1.807) is 0 Å². The first-order valence-corrected chi connectivity index (χ1v) is 9.08. The molecule has 0 saturated heterocycles. The van der Waals surface area contributed by atoms with Crippen LogP contribution in [-0.2, 0) is 9.59 Å². The number of carbonyl (C=O) groups is 2. The molecule has 0 radical (unpaired) electrons. The van der Waals surface area contributed by atoms with Crippen molar-refractivity contribution in [3.8, 4) is 0 Å². The summed E-state index contributed by atoms with van der Waals surface area (Å²) in [7, 11) is 0. The number of anilines is 2. The number of amides is 2. The molecule has 5 nitrogen and oxygen atoms in total. The van der Waals surface area contributed by atoms with E-state index in [2.05, 4.69) is 24.5 Å². The molecule has 0 heterocycles. The summed E-state index contributed by atoms with van der Waals surface area (Å²) in [4.78, 5) is 23.9. The molecule has 0 aliphatic heterocycles. The van der Waals surface area contributed by atoms with Crippen molar-refractivity contribution < 1.29 is 9.59 Å². The van der Waals surface area contributed by atoms with Crippen LogP contribution >= 0.6 is 11.8 Å². The molecule has 6 heteroatoms. The van der Waals surface area contributed by atoms with E-state index in [1.165, 1.54) is 17.3 Å². The van der Waals surface area contributed by atoms with Crippen LogP contribution in [-0.4, -0.2) is 24.1 Å². The number of hydrogen-bond acceptors (Lipinski definition) is 4. The normalized spacial score (nSPS) is 10.5. The third-order valence-electron chi connectivity index (χ3n) is 3.56. The van der Waals surface area contributed by atoms with Crippen molar-refractivity contribution >= 4 is 35.0 Å². The number of para-hydroxylation sites is 1. The van der Waals surface area contributed by atoms with Crippen molar-refractivity contribution in [2.24, 2.45) is 5.73 Å². The van der Waals surface area contributed by atoms with Gasteiger partial charge in [0.25, 0.3) is 0 Å². The molecule has 25 heavy (non-hydrogen) atoms. The molecule has 0 aliphatic carbocycles. The van der Waals surface area contributed by atoms with Gasteiger partial charge in [0.15, 0.2) is 0 Å². The van der Waals surface area contributed by atoms with Crippen LogP contribution in [0.4, 0.5) is 11.4 Å². The highest BCUT2D eigenvalue weighted by Gasteiger charge is 2.07. The molecule has 132 valence electrons. The average molecular weight is 357 g/mol. The first-order chi connectivity index (χ1) is 12.0. The van der Waals surface area contributed by atoms with Gasteiger partial charge >= 0.3 is 0 Å². The molecule has 2 amide bonds. The van der Waals surface area contributed by atoms with Crippen LogP contribution in [0, 0.1) is 0 Å². The number of nitrogens with one attached hydrogen (secondary N) is 2. The Bertz CT molecular complexity index is 730. The molecular formula is C19H23N3O2S. The minimum Gasteiger partial charge on any atom is -0.375 e. The summed E-state index contributed by atoms with van der Waals surface area (Å²) >= 11 is 1.35. The lowest BCUT2D eigenvalue weighted by Gasteiger charge is -2.12. The SMILES string of the molecule is CC(C)c1ccc(NC(=O)CNc2ccccc2SCC(N)=O)cc1. The summed E-state index contributed by atoms with van der Waals surface area (Å²) < 4.78 is 0. The van der Waals surface area contributed by atoms with Gasteiger partial charge in [-0.3, -0.25) is 9.59 Å². The molecule has 0 atom stereocenters. The monoisotopic (exact) mass is 357 g/mol. The van der Waals surface area contributed by atoms with Crippen LogP contribution in [0.3, 0.4) is 0 Å². The second kappa shape index (κ2) is 9.13. The van der Waals surface area contributed by atoms with Crippen molar-refractivity contribution in [3.05, 3.63) is 54.1 Å². The number of thioether (sulfide) groups is 1. The second-order valence-corrected chi connectivity index (χ2v) is 6.95. The van der Waals surface area contributed by atoms with Gasteiger partial charge in [0.1, 0.15) is 0 Å². The fraction of sp³-hybridized carbons (Fsp3) is 0.263. The molecule has 0 saturated carbocycles. The van der Waals surface area contributed by atoms with E-state index in [4.69, 9.17) is 5.73 Å². The molecule has 2 rings (SSSR count). The van der Waals surface area contributed by atoms with Gasteiger partial charge in [0.2, 0.25) is 11.8 Å². The van der Waals surface area contributed by atoms with Crippen molar-refractivity contribution in [2.45, 2.75) is 24.7 Å². The van der Waals surface area contributed by atoms with Gasteiger partial charge in [-0.25, -0.2) is 0 Å². The first kappa shape index (κ1) is 18.9. The summed E-state index contributed by atoms with van der Waals surface area (Å²) in [5, 5.41) is 5.97. The lowest BCUT2D eigenvalue weighted by molar-refractivity contribution is -0.116. The van der Waals surface area contributed by atoms with Gasteiger partial charge in [-0.05, 0) is 35.7 Å². The molecule has 4 N–H and O–H groups in total. The molecule has 0 bridgehead atoms. The van der Waals surface area contributed by atoms with Crippen LogP contribution in [0.1, 0.15) is 25.3 Å². The van der Waals surface area contributed by atoms with Gasteiger partial charge in [-0.2, -0.15) is 0 Å². The van der Waals surface area contributed by atoms with Crippen molar-refractivity contribution in [3.63, 3.8) is 0 Å². The molecule has 0 aromatic heterocycles. The molecule has 0 fully saturated rings. The summed E-state index contributed by atoms with van der Waals surface area (Å²) in [6.45, 7) is 4.40. The molecule has 0 spiro atoms. The molecule has 2 aromatic rings. The highest BCUT2D eigenvalue weighted by molar-refractivity contribution is 8.00. The predicted molar refractivity (Wildman–Crippen MR) is 104 cm³/mol. The summed E-state index contributed by atoms with van der Waals surface area (Å²) in [6.07, 6.45) is 0. The lowest BCUT2D eigenvalue weighted by atomic mass is 10.0. The topological polar surface area (TPSA) is 84.2 Å². The molecule has 0 unspecified atom stereocenters. The number of primary amides is 1. The Balaban J connectivity index is 1.90. The van der Waals surface area contributed by atoms with E-state index in [-0.39, 0.29) is 24.1 Å². The lowest BCUT2D eigenvalue weighted by Crippen LogP contribution is -2.22. The van der Waals surface area contributed by atoms with Crippen LogP contribution < -0.4 is 16.4 Å². The van der Waals surface area contributed by atoms with Crippen molar-refractivity contribution in [1.82, 2.24) is 0 Å². The number of benzene rings is 2. The first-order valence-electron chi connectivity index (χ1n) is 8.09. The smallest absolute Gasteiger partial charge is 0.243 e. The molecular weight excluding hydrogens is 334 g/mol. The zero-order valence-corrected chi connectivity index (χ0v) is 15.2. The quantitative estimate of drug-likeness (QED) is 0.632. The van der Waals surface area contributed by atoms with Crippen molar-refractivity contribution in [2.75, 3.05) is 22.9 Å². The third-order valence-corrected chi connectivity index (χ3v) is 4.65. The number of carbonyl (C=O) groups excluding carboxylic acids is 2. The minimum atomic E-state index is -0.373. The Kier molecular flexibility index (Phi) is 6.89. The third kappa shape index (κ3) is 6.15. The van der Waals surface area contributed by atoms with Crippen LogP contribution in [0.25, 0.3) is 0 Å². The second-order valence-electron chi connectivity index (χ2n) is 5.93. The van der Waals surface area contributed by atoms with Gasteiger partial charge in [-0.1, -0.05) is 38.1 Å². The maximum atomic E-state index is 12.1. The summed E-state index contributed by atoms with van der Waals surface area (Å²) in [6, 6.07) is 15.4. The number of hydrogen-bond donors (Lipinski definition) is 3. The van der Waals surface area contributed by atoms with E-state index in [0.29, 0.717) is 5.92 Å². The number of nitrogens with two attached hydrogens (primary N) is 1. The van der Waals surface area contributed by atoms with Crippen LogP contribution in [0.5, 0.6) is 0 Å². The zero-order chi connectivity index (χ0) is 18.2. The largest absolute Gasteiger partial charge is 0.375 e. The van der Waals surface area contributed by atoms with Gasteiger partial charge in [0, 0.05) is 16.3 Å². The maximum absolute atomic E-state index is 12.1. The standard InChI is InChI=1S/C19H23N3O2S/c1-13(2)14-7-9-15(10-8-14)22-19(24)11-21-16-5-3-4-6-17(16)25-12-18(20)23/h3-10,13,21H,11-12H2,1-2H3,(H2,20,23)(H,22,24). The Labute approximate surface area is 152 Å². The van der Waals surface area contributed by atoms with E-state index in [1.807, 2.05) is 48.5 Å². The Hall–Kier alpha value is -2.47. The van der Waals surface area contributed by atoms with E-state index in [0.717, 1.165) is 16.3 Å². The fourth-order valence-electron chi connectivity index (χ4n) is 2.22. The van der Waals surface area contributed by atoms with Gasteiger partial charge < -0.3 is 16.4 Å². The highest BCUT2D eigenvalue weighted by Crippen LogP contribution is 2.26. The Morgan fingerprint density at radius 3 is 2.40 bits per heavy atom. The van der Waals surface area contributed by atoms with E-state index >= 15 is 0 Å². The van der Waals surface area contributed by atoms with E-state index in [9.17, 15) is 9.59 Å². The fourth-order valence-corrected chi connectivity index (χ4v) is 2.99. The molecule has 0 aliphatic rings. The predicted octanol–water partition coefficient (Wildman–Crippen LogP) is 3.44. The maximum Gasteiger partial charge on any atom is 0.243 e. The summed E-state index contributed by atoms with van der Waals surface area (Å²) in [5.74, 6) is 0.155. The van der Waals surface area contributed by atoms with Gasteiger partial charge in [0.05, 0.1) is 12.3 Å². The minimum absolute atomic E-state index is 0.132. The Morgan fingerprint density at radius 1 is 1.08 bits per heavy atom. The van der Waals surface area contributed by atoms with Gasteiger partial charge in [-0.15, -0.1) is 11.8 Å². The zero-order valence-electron chi connectivity index (χ0n) is 14.4. The Morgan fingerprint density at radius 2 is 1.76 bits per heavy atom. The van der Waals surface area contributed by atoms with Crippen molar-refractivity contribution in [1.29, 1.82) is 0 Å². The summed E-state index contributed by atoms with van der Waals surface area (Å²) in [5.41, 5.74) is 7.99. The van der Waals surface area contributed by atoms with Crippen LogP contribution in [0.2, 0.25) is 0 Å². The van der Waals surface area contributed by atoms with E-state index < -0.39 is 0 Å².